The van der Waals surface area contributed by atoms with Gasteiger partial charge in [0.2, 0.25) is 0 Å². The van der Waals surface area contributed by atoms with Gasteiger partial charge < -0.3 is 10.1 Å². The summed E-state index contributed by atoms with van der Waals surface area (Å²) in [6.07, 6.45) is 4.90. The summed E-state index contributed by atoms with van der Waals surface area (Å²) in [4.78, 5) is 0. The minimum atomic E-state index is -0.383. The van der Waals surface area contributed by atoms with E-state index in [2.05, 4.69) is 5.32 Å². The molecule has 0 saturated heterocycles. The third-order valence-electron chi connectivity index (χ3n) is 3.52. The molecule has 100 valence electrons. The molecule has 18 heavy (non-hydrogen) atoms. The van der Waals surface area contributed by atoms with Gasteiger partial charge in [-0.2, -0.15) is 0 Å². The fourth-order valence-electron chi connectivity index (χ4n) is 2.46. The van der Waals surface area contributed by atoms with Crippen molar-refractivity contribution in [1.82, 2.24) is 5.32 Å². The molecule has 1 fully saturated rings. The van der Waals surface area contributed by atoms with Crippen molar-refractivity contribution in [3.63, 3.8) is 0 Å². The van der Waals surface area contributed by atoms with Crippen LogP contribution < -0.4 is 5.32 Å². The molecule has 1 aromatic carbocycles. The molecule has 2 nitrogen and oxygen atoms in total. The molecule has 2 rings (SSSR count). The zero-order valence-electron chi connectivity index (χ0n) is 10.6. The minimum Gasteiger partial charge on any atom is -0.372 e. The Morgan fingerprint density at radius 3 is 2.89 bits per heavy atom. The lowest BCUT2D eigenvalue weighted by Gasteiger charge is -2.31. The Balaban J connectivity index is 1.91. The molecular formula is C14H19ClFNO. The molecular weight excluding hydrogens is 253 g/mol. The highest BCUT2D eigenvalue weighted by Gasteiger charge is 2.24. The number of ether oxygens (including phenoxy) is 1. The van der Waals surface area contributed by atoms with Crippen LogP contribution in [-0.4, -0.2) is 19.2 Å². The first kappa shape index (κ1) is 13.8. The maximum absolute atomic E-state index is 13.3. The number of halogens is 2. The van der Waals surface area contributed by atoms with Crippen molar-refractivity contribution in [3.8, 4) is 0 Å². The third-order valence-corrected chi connectivity index (χ3v) is 3.83. The third kappa shape index (κ3) is 3.44. The Hall–Kier alpha value is -0.640. The van der Waals surface area contributed by atoms with Gasteiger partial charge in [-0.3, -0.25) is 0 Å². The van der Waals surface area contributed by atoms with Gasteiger partial charge in [0.1, 0.15) is 5.82 Å². The molecule has 1 aliphatic carbocycles. The van der Waals surface area contributed by atoms with Crippen LogP contribution >= 0.6 is 11.6 Å². The molecule has 0 spiro atoms. The summed E-state index contributed by atoms with van der Waals surface area (Å²) in [6.45, 7) is 0.441. The second kappa shape index (κ2) is 6.50. The van der Waals surface area contributed by atoms with Gasteiger partial charge in [-0.15, -0.1) is 0 Å². The zero-order chi connectivity index (χ0) is 13.0. The number of rotatable bonds is 4. The fourth-order valence-corrected chi connectivity index (χ4v) is 2.58. The molecule has 1 N–H and O–H groups in total. The Morgan fingerprint density at radius 1 is 1.39 bits per heavy atom. The number of benzene rings is 1. The highest BCUT2D eigenvalue weighted by atomic mass is 35.5. The van der Waals surface area contributed by atoms with Gasteiger partial charge >= 0.3 is 0 Å². The van der Waals surface area contributed by atoms with Crippen molar-refractivity contribution in [3.05, 3.63) is 34.6 Å². The molecule has 1 aromatic rings. The predicted molar refractivity (Wildman–Crippen MR) is 71.3 cm³/mol. The average Bonchev–Trinajstić information content (AvgIpc) is 2.40. The second-order valence-corrected chi connectivity index (χ2v) is 5.18. The van der Waals surface area contributed by atoms with Crippen LogP contribution in [0.3, 0.4) is 0 Å². The molecule has 0 heterocycles. The molecule has 1 saturated carbocycles. The zero-order valence-corrected chi connectivity index (χ0v) is 11.3. The number of likely N-dealkylation sites (N-methyl/N-ethyl adjacent to an activating group) is 1. The van der Waals surface area contributed by atoms with Gasteiger partial charge in [0.15, 0.2) is 0 Å². The number of hydrogen-bond donors (Lipinski definition) is 1. The van der Waals surface area contributed by atoms with Crippen LogP contribution in [-0.2, 0) is 11.3 Å². The van der Waals surface area contributed by atoms with E-state index in [9.17, 15) is 4.39 Å². The molecule has 2 atom stereocenters. The van der Waals surface area contributed by atoms with E-state index >= 15 is 0 Å². The minimum absolute atomic E-state index is 0.157. The lowest BCUT2D eigenvalue weighted by Crippen LogP contribution is -2.41. The van der Waals surface area contributed by atoms with E-state index in [-0.39, 0.29) is 16.9 Å². The SMILES string of the molecule is CNC1CCCCC1OCc1ccc(Cl)c(F)c1. The largest absolute Gasteiger partial charge is 0.372 e. The van der Waals surface area contributed by atoms with E-state index < -0.39 is 0 Å². The van der Waals surface area contributed by atoms with Crippen molar-refractivity contribution in [2.45, 2.75) is 44.4 Å². The molecule has 1 aliphatic rings. The molecule has 0 bridgehead atoms. The first-order valence-corrected chi connectivity index (χ1v) is 6.81. The second-order valence-electron chi connectivity index (χ2n) is 4.78. The van der Waals surface area contributed by atoms with Crippen LogP contribution in [0.1, 0.15) is 31.2 Å². The topological polar surface area (TPSA) is 21.3 Å². The Morgan fingerprint density at radius 2 is 2.17 bits per heavy atom. The predicted octanol–water partition coefficient (Wildman–Crippen LogP) is 3.53. The summed E-state index contributed by atoms with van der Waals surface area (Å²) in [6, 6.07) is 5.24. The van der Waals surface area contributed by atoms with Crippen molar-refractivity contribution in [1.29, 1.82) is 0 Å². The van der Waals surface area contributed by atoms with Gasteiger partial charge in [0.25, 0.3) is 0 Å². The highest BCUT2D eigenvalue weighted by Crippen LogP contribution is 2.23. The van der Waals surface area contributed by atoms with Crippen LogP contribution in [0.4, 0.5) is 4.39 Å². The van der Waals surface area contributed by atoms with Crippen molar-refractivity contribution < 1.29 is 9.13 Å². The van der Waals surface area contributed by atoms with E-state index in [1.165, 1.54) is 18.9 Å². The van der Waals surface area contributed by atoms with Gasteiger partial charge in [0, 0.05) is 6.04 Å². The normalized spacial score (nSPS) is 24.2. The van der Waals surface area contributed by atoms with E-state index in [1.54, 1.807) is 6.07 Å². The fraction of sp³-hybridized carbons (Fsp3) is 0.571. The Labute approximate surface area is 112 Å². The lowest BCUT2D eigenvalue weighted by atomic mass is 9.92. The molecule has 0 radical (unpaired) electrons. The van der Waals surface area contributed by atoms with E-state index in [0.29, 0.717) is 12.6 Å². The Kier molecular flexibility index (Phi) is 4.98. The van der Waals surface area contributed by atoms with Crippen molar-refractivity contribution in [2.75, 3.05) is 7.05 Å². The van der Waals surface area contributed by atoms with E-state index in [0.717, 1.165) is 18.4 Å². The maximum Gasteiger partial charge on any atom is 0.142 e. The van der Waals surface area contributed by atoms with Crippen LogP contribution in [0.5, 0.6) is 0 Å². The van der Waals surface area contributed by atoms with E-state index in [4.69, 9.17) is 16.3 Å². The number of hydrogen-bond acceptors (Lipinski definition) is 2. The van der Waals surface area contributed by atoms with Crippen molar-refractivity contribution in [2.24, 2.45) is 0 Å². The summed E-state index contributed by atoms with van der Waals surface area (Å²) in [5.41, 5.74) is 0.831. The first-order valence-electron chi connectivity index (χ1n) is 6.43. The molecule has 0 aromatic heterocycles. The molecule has 4 heteroatoms. The van der Waals surface area contributed by atoms with Crippen LogP contribution in [0.15, 0.2) is 18.2 Å². The standard InChI is InChI=1S/C14H19ClFNO/c1-17-13-4-2-3-5-14(13)18-9-10-6-7-11(15)12(16)8-10/h6-8,13-14,17H,2-5,9H2,1H3. The summed E-state index contributed by atoms with van der Waals surface area (Å²) in [5.74, 6) is -0.383. The Bertz CT molecular complexity index is 399. The van der Waals surface area contributed by atoms with Crippen LogP contribution in [0, 0.1) is 5.82 Å². The molecule has 0 aliphatic heterocycles. The summed E-state index contributed by atoms with van der Waals surface area (Å²) >= 11 is 5.65. The van der Waals surface area contributed by atoms with Gasteiger partial charge in [-0.1, -0.05) is 30.5 Å². The first-order chi connectivity index (χ1) is 8.70. The highest BCUT2D eigenvalue weighted by molar-refractivity contribution is 6.30. The summed E-state index contributed by atoms with van der Waals surface area (Å²) < 4.78 is 19.2. The summed E-state index contributed by atoms with van der Waals surface area (Å²) in [7, 11) is 1.97. The van der Waals surface area contributed by atoms with Crippen LogP contribution in [0.2, 0.25) is 5.02 Å². The maximum atomic E-state index is 13.3. The van der Waals surface area contributed by atoms with Crippen LogP contribution in [0.25, 0.3) is 0 Å². The average molecular weight is 272 g/mol. The van der Waals surface area contributed by atoms with Gasteiger partial charge in [0.05, 0.1) is 17.7 Å². The monoisotopic (exact) mass is 271 g/mol. The lowest BCUT2D eigenvalue weighted by molar-refractivity contribution is -0.00369. The van der Waals surface area contributed by atoms with E-state index in [1.807, 2.05) is 13.1 Å². The number of nitrogens with one attached hydrogen (secondary N) is 1. The van der Waals surface area contributed by atoms with Crippen molar-refractivity contribution >= 4 is 11.6 Å². The quantitative estimate of drug-likeness (QED) is 0.905. The summed E-state index contributed by atoms with van der Waals surface area (Å²) in [5, 5.41) is 3.45. The van der Waals surface area contributed by atoms with Gasteiger partial charge in [-0.25, -0.2) is 4.39 Å². The molecule has 2 unspecified atom stereocenters. The molecule has 0 amide bonds. The smallest absolute Gasteiger partial charge is 0.142 e. The van der Waals surface area contributed by atoms with Gasteiger partial charge in [-0.05, 0) is 37.6 Å².